The molecule has 0 saturated heterocycles. The quantitative estimate of drug-likeness (QED) is 0.470. The van der Waals surface area contributed by atoms with Gasteiger partial charge in [0.05, 0.1) is 33.5 Å². The van der Waals surface area contributed by atoms with E-state index in [0.29, 0.717) is 22.9 Å². The number of nitrogens with one attached hydrogen (secondary N) is 1. The molecule has 0 radical (unpaired) electrons. The maximum absolute atomic E-state index is 12.8. The molecule has 10 heteroatoms. The Hall–Kier alpha value is -3.33. The van der Waals surface area contributed by atoms with Gasteiger partial charge < -0.3 is 24.3 Å². The van der Waals surface area contributed by atoms with Crippen molar-refractivity contribution in [3.8, 4) is 23.0 Å². The van der Waals surface area contributed by atoms with Crippen molar-refractivity contribution >= 4 is 34.7 Å². The highest BCUT2D eigenvalue weighted by molar-refractivity contribution is 6.33. The predicted molar refractivity (Wildman–Crippen MR) is 112 cm³/mol. The molecule has 0 aliphatic carbocycles. The lowest BCUT2D eigenvalue weighted by atomic mass is 10.2. The molecule has 9 nitrogen and oxygen atoms in total. The molecule has 1 amide bonds. The third kappa shape index (κ3) is 4.98. The number of halogens is 1. The molecule has 0 saturated carbocycles. The number of amides is 1. The van der Waals surface area contributed by atoms with E-state index in [2.05, 4.69) is 15.5 Å². The third-order valence-corrected chi connectivity index (χ3v) is 4.34. The van der Waals surface area contributed by atoms with Crippen molar-refractivity contribution in [3.63, 3.8) is 0 Å². The first-order valence-electron chi connectivity index (χ1n) is 8.71. The Morgan fingerprint density at radius 2 is 1.60 bits per heavy atom. The predicted octanol–water partition coefficient (Wildman–Crippen LogP) is 4.05. The van der Waals surface area contributed by atoms with Gasteiger partial charge in [0.1, 0.15) is 17.1 Å². The Bertz CT molecular complexity index is 964. The monoisotopic (exact) mass is 435 g/mol. The van der Waals surface area contributed by atoms with Crippen LogP contribution in [0.1, 0.15) is 6.92 Å². The van der Waals surface area contributed by atoms with E-state index in [9.17, 15) is 9.59 Å². The van der Waals surface area contributed by atoms with E-state index in [4.69, 9.17) is 30.5 Å². The Morgan fingerprint density at radius 1 is 0.933 bits per heavy atom. The highest BCUT2D eigenvalue weighted by atomic mass is 35.5. The Kier molecular flexibility index (Phi) is 7.99. The second-order valence-corrected chi connectivity index (χ2v) is 6.30. The number of carbonyl (C=O) groups excluding carboxylic acids is 2. The van der Waals surface area contributed by atoms with Gasteiger partial charge in [-0.1, -0.05) is 17.7 Å². The van der Waals surface area contributed by atoms with Gasteiger partial charge in [-0.3, -0.25) is 9.59 Å². The second-order valence-electron chi connectivity index (χ2n) is 5.89. The lowest BCUT2D eigenvalue weighted by Gasteiger charge is -2.16. The average molecular weight is 436 g/mol. The van der Waals surface area contributed by atoms with Gasteiger partial charge in [-0.2, -0.15) is 10.2 Å². The zero-order valence-corrected chi connectivity index (χ0v) is 17.9. The van der Waals surface area contributed by atoms with Crippen LogP contribution >= 0.6 is 11.6 Å². The molecule has 160 valence electrons. The number of benzene rings is 2. The van der Waals surface area contributed by atoms with Gasteiger partial charge in [0.2, 0.25) is 6.04 Å². The highest BCUT2D eigenvalue weighted by Crippen LogP contribution is 2.40. The fourth-order valence-electron chi connectivity index (χ4n) is 2.61. The minimum Gasteiger partial charge on any atom is -0.494 e. The molecule has 2 aromatic rings. The van der Waals surface area contributed by atoms with E-state index in [0.717, 1.165) is 0 Å². The first-order valence-corrected chi connectivity index (χ1v) is 9.09. The van der Waals surface area contributed by atoms with Gasteiger partial charge in [0.25, 0.3) is 5.91 Å². The van der Waals surface area contributed by atoms with Crippen molar-refractivity contribution in [3.05, 3.63) is 35.4 Å². The molecule has 30 heavy (non-hydrogen) atoms. The molecule has 0 spiro atoms. The number of ketones is 1. The largest absolute Gasteiger partial charge is 0.494 e. The molecule has 2 rings (SSSR count). The van der Waals surface area contributed by atoms with E-state index < -0.39 is 17.7 Å². The first-order chi connectivity index (χ1) is 14.4. The van der Waals surface area contributed by atoms with Crippen LogP contribution in [0.5, 0.6) is 23.0 Å². The van der Waals surface area contributed by atoms with Gasteiger partial charge in [0, 0.05) is 0 Å². The minimum absolute atomic E-state index is 0.179. The smallest absolute Gasteiger partial charge is 0.259 e. The van der Waals surface area contributed by atoms with Gasteiger partial charge in [-0.05, 0) is 31.2 Å². The van der Waals surface area contributed by atoms with E-state index in [1.54, 1.807) is 30.3 Å². The van der Waals surface area contributed by atoms with Crippen LogP contribution in [0, 0.1) is 0 Å². The van der Waals surface area contributed by atoms with Crippen molar-refractivity contribution in [1.29, 1.82) is 0 Å². The number of hydrogen-bond acceptors (Lipinski definition) is 8. The fraction of sp³-hybridized carbons (Fsp3) is 0.300. The van der Waals surface area contributed by atoms with Crippen LogP contribution in [-0.4, -0.2) is 46.2 Å². The molecule has 1 atom stereocenters. The summed E-state index contributed by atoms with van der Waals surface area (Å²) in [6, 6.07) is 6.68. The van der Waals surface area contributed by atoms with Crippen molar-refractivity contribution in [2.75, 3.05) is 33.8 Å². The fourth-order valence-corrected chi connectivity index (χ4v) is 2.84. The number of azo groups is 1. The maximum Gasteiger partial charge on any atom is 0.259 e. The number of carbonyl (C=O) groups is 2. The molecule has 1 N–H and O–H groups in total. The van der Waals surface area contributed by atoms with E-state index in [1.807, 2.05) is 0 Å². The maximum atomic E-state index is 12.8. The molecule has 2 aromatic carbocycles. The summed E-state index contributed by atoms with van der Waals surface area (Å²) in [5.74, 6) is 0.0113. The number of anilines is 1. The van der Waals surface area contributed by atoms with Gasteiger partial charge >= 0.3 is 0 Å². The summed E-state index contributed by atoms with van der Waals surface area (Å²) in [5.41, 5.74) is 0.478. The van der Waals surface area contributed by atoms with Crippen LogP contribution < -0.4 is 24.3 Å². The van der Waals surface area contributed by atoms with E-state index >= 15 is 0 Å². The van der Waals surface area contributed by atoms with Crippen LogP contribution in [0.25, 0.3) is 0 Å². The summed E-state index contributed by atoms with van der Waals surface area (Å²) >= 11 is 6.12. The Labute approximate surface area is 178 Å². The average Bonchev–Trinajstić information content (AvgIpc) is 2.73. The van der Waals surface area contributed by atoms with E-state index in [1.165, 1.54) is 35.4 Å². The van der Waals surface area contributed by atoms with E-state index in [-0.39, 0.29) is 16.5 Å². The third-order valence-electron chi connectivity index (χ3n) is 4.04. The van der Waals surface area contributed by atoms with Crippen molar-refractivity contribution in [2.45, 2.75) is 13.0 Å². The van der Waals surface area contributed by atoms with Crippen LogP contribution in [-0.2, 0) is 9.59 Å². The summed E-state index contributed by atoms with van der Waals surface area (Å²) < 4.78 is 21.0. The minimum atomic E-state index is -1.42. The zero-order valence-electron chi connectivity index (χ0n) is 17.2. The van der Waals surface area contributed by atoms with Crippen LogP contribution in [0.3, 0.4) is 0 Å². The SMILES string of the molecule is COc1ccc(Cl)c(OC)c1NC(=O)C(N=Nc1cccc(OC)c1OC)C(C)=O. The highest BCUT2D eigenvalue weighted by Gasteiger charge is 2.26. The number of para-hydroxylation sites is 1. The van der Waals surface area contributed by atoms with Crippen molar-refractivity contribution in [1.82, 2.24) is 0 Å². The molecule has 0 fully saturated rings. The number of methoxy groups -OCH3 is 4. The lowest BCUT2D eigenvalue weighted by molar-refractivity contribution is -0.126. The van der Waals surface area contributed by atoms with Gasteiger partial charge in [-0.25, -0.2) is 0 Å². The molecule has 0 aliphatic heterocycles. The van der Waals surface area contributed by atoms with Crippen molar-refractivity contribution in [2.24, 2.45) is 10.2 Å². The van der Waals surface area contributed by atoms with Crippen LogP contribution in [0.2, 0.25) is 5.02 Å². The number of Topliss-reactive ketones (excluding diaryl/α,β-unsaturated/α-hetero) is 1. The normalized spacial score (nSPS) is 11.7. The molecular weight excluding hydrogens is 414 g/mol. The molecule has 1 unspecified atom stereocenters. The molecule has 0 heterocycles. The number of rotatable bonds is 9. The standard InChI is InChI=1S/C20H22ClN3O6/c1-11(25)16(24-23-13-7-6-8-15(28-3)19(13)30-5)20(26)22-17-14(27-2)10-9-12(21)18(17)29-4/h6-10,16H,1-5H3,(H,22,26). The first kappa shape index (κ1) is 23.0. The molecule has 0 aromatic heterocycles. The number of nitrogens with zero attached hydrogens (tertiary/aromatic N) is 2. The summed E-state index contributed by atoms with van der Waals surface area (Å²) in [7, 11) is 5.75. The summed E-state index contributed by atoms with van der Waals surface area (Å²) in [4.78, 5) is 24.9. The molecule has 0 aliphatic rings. The van der Waals surface area contributed by atoms with Crippen LogP contribution in [0.15, 0.2) is 40.6 Å². The Balaban J connectivity index is 2.37. The summed E-state index contributed by atoms with van der Waals surface area (Å²) in [6.45, 7) is 1.23. The Morgan fingerprint density at radius 3 is 2.17 bits per heavy atom. The summed E-state index contributed by atoms with van der Waals surface area (Å²) in [5, 5.41) is 10.8. The van der Waals surface area contributed by atoms with Gasteiger partial charge in [-0.15, -0.1) is 0 Å². The topological polar surface area (TPSA) is 108 Å². The zero-order chi connectivity index (χ0) is 22.3. The molecule has 0 bridgehead atoms. The van der Waals surface area contributed by atoms with Gasteiger partial charge in [0.15, 0.2) is 23.0 Å². The molecular formula is C20H22ClN3O6. The number of hydrogen-bond donors (Lipinski definition) is 1. The lowest BCUT2D eigenvalue weighted by Crippen LogP contribution is -2.32. The van der Waals surface area contributed by atoms with Crippen molar-refractivity contribution < 1.29 is 28.5 Å². The van der Waals surface area contributed by atoms with Crippen LogP contribution in [0.4, 0.5) is 11.4 Å². The number of ether oxygens (including phenoxy) is 4. The second kappa shape index (κ2) is 10.4. The summed E-state index contributed by atoms with van der Waals surface area (Å²) in [6.07, 6.45) is 0.